The summed E-state index contributed by atoms with van der Waals surface area (Å²) < 4.78 is 1.19. The molecule has 0 aliphatic carbocycles. The van der Waals surface area contributed by atoms with Crippen LogP contribution in [0, 0.1) is 0 Å². The number of halogens is 1. The Morgan fingerprint density at radius 1 is 1.30 bits per heavy atom. The highest BCUT2D eigenvalue weighted by atomic mass is 79.9. The van der Waals surface area contributed by atoms with Crippen molar-refractivity contribution in [3.05, 3.63) is 50.6 Å². The number of nitrogens with zero attached hydrogens (tertiary/aromatic N) is 1. The third-order valence-electron chi connectivity index (χ3n) is 3.39. The molecule has 0 fully saturated rings. The highest BCUT2D eigenvalue weighted by Crippen LogP contribution is 2.24. The van der Waals surface area contributed by atoms with E-state index in [1.54, 1.807) is 11.3 Å². The largest absolute Gasteiger partial charge is 0.370 e. The van der Waals surface area contributed by atoms with E-state index in [9.17, 15) is 0 Å². The third kappa shape index (κ3) is 4.08. The summed E-state index contributed by atoms with van der Waals surface area (Å²) in [5.41, 5.74) is 3.93. The van der Waals surface area contributed by atoms with Gasteiger partial charge in [-0.1, -0.05) is 19.1 Å². The van der Waals surface area contributed by atoms with Gasteiger partial charge in [-0.25, -0.2) is 0 Å². The van der Waals surface area contributed by atoms with Gasteiger partial charge in [-0.2, -0.15) is 0 Å². The molecule has 0 aliphatic rings. The number of nitrogens with one attached hydrogen (secondary N) is 1. The van der Waals surface area contributed by atoms with E-state index in [1.807, 2.05) is 0 Å². The minimum absolute atomic E-state index is 0.409. The van der Waals surface area contributed by atoms with Crippen LogP contribution in [0.5, 0.6) is 0 Å². The van der Waals surface area contributed by atoms with Gasteiger partial charge in [0, 0.05) is 25.3 Å². The zero-order valence-electron chi connectivity index (χ0n) is 12.2. The average molecular weight is 353 g/mol. The lowest BCUT2D eigenvalue weighted by Gasteiger charge is -2.20. The predicted octanol–water partition coefficient (Wildman–Crippen LogP) is 4.82. The smallest absolute Gasteiger partial charge is 0.0701 e. The molecule has 0 saturated carbocycles. The molecule has 0 bridgehead atoms. The SMILES string of the molecule is CCNC(C)c1ccc(N(C)Cc2csc(Br)c2)cc1. The Balaban J connectivity index is 2.01. The molecule has 108 valence electrons. The van der Waals surface area contributed by atoms with E-state index in [2.05, 4.69) is 82.8 Å². The van der Waals surface area contributed by atoms with Crippen LogP contribution in [-0.4, -0.2) is 13.6 Å². The molecule has 4 heteroatoms. The summed E-state index contributed by atoms with van der Waals surface area (Å²) in [6.07, 6.45) is 0. The van der Waals surface area contributed by atoms with E-state index in [0.29, 0.717) is 6.04 Å². The molecule has 0 radical (unpaired) electrons. The maximum absolute atomic E-state index is 3.51. The minimum atomic E-state index is 0.409. The fraction of sp³-hybridized carbons (Fsp3) is 0.375. The quantitative estimate of drug-likeness (QED) is 0.801. The van der Waals surface area contributed by atoms with Gasteiger partial charge in [0.2, 0.25) is 0 Å². The second-order valence-corrected chi connectivity index (χ2v) is 7.28. The van der Waals surface area contributed by atoms with Crippen molar-refractivity contribution in [3.8, 4) is 0 Å². The molecule has 20 heavy (non-hydrogen) atoms. The molecular weight excluding hydrogens is 332 g/mol. The predicted molar refractivity (Wildman–Crippen MR) is 92.7 cm³/mol. The Bertz CT molecular complexity index is 536. The first-order valence-electron chi connectivity index (χ1n) is 6.87. The highest BCUT2D eigenvalue weighted by Gasteiger charge is 2.06. The first-order chi connectivity index (χ1) is 9.60. The van der Waals surface area contributed by atoms with Crippen LogP contribution in [0.15, 0.2) is 39.5 Å². The van der Waals surface area contributed by atoms with E-state index >= 15 is 0 Å². The fourth-order valence-electron chi connectivity index (χ4n) is 2.24. The van der Waals surface area contributed by atoms with Gasteiger partial charge < -0.3 is 10.2 Å². The number of anilines is 1. The molecule has 1 heterocycles. The molecule has 1 atom stereocenters. The zero-order valence-corrected chi connectivity index (χ0v) is 14.6. The molecule has 1 N–H and O–H groups in total. The molecule has 0 amide bonds. The van der Waals surface area contributed by atoms with Crippen LogP contribution < -0.4 is 10.2 Å². The lowest BCUT2D eigenvalue weighted by atomic mass is 10.1. The number of hydrogen-bond donors (Lipinski definition) is 1. The van der Waals surface area contributed by atoms with Gasteiger partial charge in [-0.05, 0) is 64.1 Å². The maximum atomic E-state index is 3.51. The second-order valence-electron chi connectivity index (χ2n) is 4.99. The minimum Gasteiger partial charge on any atom is -0.370 e. The Hall–Kier alpha value is -0.840. The van der Waals surface area contributed by atoms with E-state index in [0.717, 1.165) is 13.1 Å². The number of benzene rings is 1. The monoisotopic (exact) mass is 352 g/mol. The molecule has 0 spiro atoms. The molecule has 1 aromatic carbocycles. The van der Waals surface area contributed by atoms with Gasteiger partial charge in [0.05, 0.1) is 3.79 Å². The van der Waals surface area contributed by atoms with Gasteiger partial charge >= 0.3 is 0 Å². The van der Waals surface area contributed by atoms with E-state index in [1.165, 1.54) is 20.6 Å². The summed E-state index contributed by atoms with van der Waals surface area (Å²) in [6.45, 7) is 6.27. The number of thiophene rings is 1. The van der Waals surface area contributed by atoms with Crippen LogP contribution in [-0.2, 0) is 6.54 Å². The van der Waals surface area contributed by atoms with Gasteiger partial charge in [0.25, 0.3) is 0 Å². The van der Waals surface area contributed by atoms with Crippen molar-refractivity contribution in [3.63, 3.8) is 0 Å². The van der Waals surface area contributed by atoms with Crippen molar-refractivity contribution in [1.29, 1.82) is 0 Å². The van der Waals surface area contributed by atoms with Crippen LogP contribution in [0.25, 0.3) is 0 Å². The molecule has 2 rings (SSSR count). The van der Waals surface area contributed by atoms with Gasteiger partial charge in [-0.3, -0.25) is 0 Å². The number of hydrogen-bond acceptors (Lipinski definition) is 3. The van der Waals surface area contributed by atoms with E-state index < -0.39 is 0 Å². The summed E-state index contributed by atoms with van der Waals surface area (Å²) in [6, 6.07) is 11.4. The Labute approximate surface area is 133 Å². The highest BCUT2D eigenvalue weighted by molar-refractivity contribution is 9.11. The first kappa shape index (κ1) is 15.5. The van der Waals surface area contributed by atoms with Crippen LogP contribution in [0.2, 0.25) is 0 Å². The number of rotatable bonds is 6. The molecule has 1 unspecified atom stereocenters. The third-order valence-corrected chi connectivity index (χ3v) is 4.94. The van der Waals surface area contributed by atoms with Crippen LogP contribution in [0.3, 0.4) is 0 Å². The topological polar surface area (TPSA) is 15.3 Å². The standard InChI is InChI=1S/C16H21BrN2S/c1-4-18-12(2)14-5-7-15(8-6-14)19(3)10-13-9-16(17)20-11-13/h5-9,11-12,18H,4,10H2,1-3H3. The Morgan fingerprint density at radius 3 is 2.55 bits per heavy atom. The van der Waals surface area contributed by atoms with Crippen LogP contribution in [0.4, 0.5) is 5.69 Å². The van der Waals surface area contributed by atoms with Crippen molar-refractivity contribution in [1.82, 2.24) is 5.32 Å². The molecule has 2 aromatic rings. The Kier molecular flexibility index (Phi) is 5.64. The fourth-order valence-corrected chi connectivity index (χ4v) is 3.44. The zero-order chi connectivity index (χ0) is 14.5. The van der Waals surface area contributed by atoms with Crippen molar-refractivity contribution in [2.45, 2.75) is 26.4 Å². The second kappa shape index (κ2) is 7.25. The molecule has 1 aromatic heterocycles. The van der Waals surface area contributed by atoms with E-state index in [4.69, 9.17) is 0 Å². The lowest BCUT2D eigenvalue weighted by molar-refractivity contribution is 0.598. The average Bonchev–Trinajstić information content (AvgIpc) is 2.84. The van der Waals surface area contributed by atoms with Crippen LogP contribution >= 0.6 is 27.3 Å². The summed E-state index contributed by atoms with van der Waals surface area (Å²) in [5, 5.41) is 5.63. The van der Waals surface area contributed by atoms with Crippen molar-refractivity contribution in [2.24, 2.45) is 0 Å². The first-order valence-corrected chi connectivity index (χ1v) is 8.54. The van der Waals surface area contributed by atoms with Crippen molar-refractivity contribution >= 4 is 33.0 Å². The molecule has 0 saturated heterocycles. The molecule has 2 nitrogen and oxygen atoms in total. The van der Waals surface area contributed by atoms with Gasteiger partial charge in [0.1, 0.15) is 0 Å². The summed E-state index contributed by atoms with van der Waals surface area (Å²) in [4.78, 5) is 2.27. The van der Waals surface area contributed by atoms with Crippen molar-refractivity contribution < 1.29 is 0 Å². The van der Waals surface area contributed by atoms with Gasteiger partial charge in [-0.15, -0.1) is 11.3 Å². The lowest BCUT2D eigenvalue weighted by Crippen LogP contribution is -2.18. The summed E-state index contributed by atoms with van der Waals surface area (Å²) in [5.74, 6) is 0. The van der Waals surface area contributed by atoms with Gasteiger partial charge in [0.15, 0.2) is 0 Å². The molecule has 0 aliphatic heterocycles. The summed E-state index contributed by atoms with van der Waals surface area (Å²) in [7, 11) is 2.13. The summed E-state index contributed by atoms with van der Waals surface area (Å²) >= 11 is 5.25. The van der Waals surface area contributed by atoms with Crippen molar-refractivity contribution in [2.75, 3.05) is 18.5 Å². The molecular formula is C16H21BrN2S. The van der Waals surface area contributed by atoms with E-state index in [-0.39, 0.29) is 0 Å². The maximum Gasteiger partial charge on any atom is 0.0701 e. The normalized spacial score (nSPS) is 12.4. The van der Waals surface area contributed by atoms with Crippen LogP contribution in [0.1, 0.15) is 31.0 Å². The Morgan fingerprint density at radius 2 is 2.00 bits per heavy atom.